The number of carbonyl (C=O) groups excluding carboxylic acids is 3. The SMILES string of the molecule is O=C1OCCC=C[C@H]2S[C@]34C=CCN(c5ccc(Cl)cc5)C(=O)C3N(CCCCO)C(=O)[C@@H]4[C@@H]12. The summed E-state index contributed by atoms with van der Waals surface area (Å²) in [6.07, 6.45) is 9.66. The second kappa shape index (κ2) is 9.40. The highest BCUT2D eigenvalue weighted by atomic mass is 35.5. The fourth-order valence-corrected chi connectivity index (χ4v) is 7.72. The van der Waals surface area contributed by atoms with Gasteiger partial charge in [-0.05, 0) is 43.5 Å². The van der Waals surface area contributed by atoms with Gasteiger partial charge in [-0.2, -0.15) is 0 Å². The van der Waals surface area contributed by atoms with E-state index in [0.29, 0.717) is 49.7 Å². The number of amides is 2. The lowest BCUT2D eigenvalue weighted by molar-refractivity contribution is -0.153. The normalized spacial score (nSPS) is 32.6. The van der Waals surface area contributed by atoms with E-state index in [0.717, 1.165) is 0 Å². The van der Waals surface area contributed by atoms with Gasteiger partial charge in [-0.1, -0.05) is 35.9 Å². The Kier molecular flexibility index (Phi) is 6.48. The van der Waals surface area contributed by atoms with E-state index in [4.69, 9.17) is 16.3 Å². The number of nitrogens with zero attached hydrogens (tertiary/aromatic N) is 2. The molecule has 5 rings (SSSR count). The van der Waals surface area contributed by atoms with Crippen molar-refractivity contribution in [3.05, 3.63) is 53.6 Å². The molecular formula is C25H27ClN2O5S. The second-order valence-electron chi connectivity index (χ2n) is 9.02. The Morgan fingerprint density at radius 1 is 1.12 bits per heavy atom. The Bertz CT molecular complexity index is 1040. The molecule has 2 saturated heterocycles. The quantitative estimate of drug-likeness (QED) is 0.378. The number of aliphatic hydroxyl groups is 1. The summed E-state index contributed by atoms with van der Waals surface area (Å²) in [6, 6.07) is 6.32. The van der Waals surface area contributed by atoms with Gasteiger partial charge in [0.2, 0.25) is 5.91 Å². The zero-order valence-electron chi connectivity index (χ0n) is 18.6. The molecule has 1 aromatic rings. The molecule has 0 radical (unpaired) electrons. The van der Waals surface area contributed by atoms with E-state index in [1.807, 2.05) is 24.3 Å². The van der Waals surface area contributed by atoms with Crippen molar-refractivity contribution in [3.63, 3.8) is 0 Å². The number of anilines is 1. The van der Waals surface area contributed by atoms with Gasteiger partial charge >= 0.3 is 5.97 Å². The predicted molar refractivity (Wildman–Crippen MR) is 131 cm³/mol. The van der Waals surface area contributed by atoms with Crippen LogP contribution in [0.4, 0.5) is 5.69 Å². The van der Waals surface area contributed by atoms with Gasteiger partial charge in [-0.25, -0.2) is 0 Å². The Balaban J connectivity index is 1.58. The summed E-state index contributed by atoms with van der Waals surface area (Å²) in [5.74, 6) is -2.05. The standard InChI is InChI=1S/C25H27ClN2O5S/c26-16-7-9-17(10-8-16)27-13-5-11-25-20(19-18(34-25)6-1-4-15-33-24(19)32)22(30)28(12-2-3-14-29)21(25)23(27)31/h1,5-11,18-21,29H,2-4,12-15H2/t18-,19+,20+,21?,25+/m1/s1. The minimum atomic E-state index is -0.864. The predicted octanol–water partition coefficient (Wildman–Crippen LogP) is 2.82. The molecule has 34 heavy (non-hydrogen) atoms. The molecule has 1 unspecified atom stereocenters. The number of likely N-dealkylation sites (tertiary alicyclic amines) is 1. The number of fused-ring (bicyclic) bond motifs is 2. The van der Waals surface area contributed by atoms with Gasteiger partial charge in [0.05, 0.1) is 23.2 Å². The number of cyclic esters (lactones) is 1. The summed E-state index contributed by atoms with van der Waals surface area (Å²) in [4.78, 5) is 44.4. The number of unbranched alkanes of at least 4 members (excludes halogenated alkanes) is 1. The van der Waals surface area contributed by atoms with Crippen LogP contribution >= 0.6 is 23.4 Å². The first-order chi connectivity index (χ1) is 16.5. The van der Waals surface area contributed by atoms with Crippen molar-refractivity contribution >= 4 is 46.8 Å². The van der Waals surface area contributed by atoms with E-state index in [2.05, 4.69) is 0 Å². The molecule has 9 heteroatoms. The maximum absolute atomic E-state index is 14.1. The van der Waals surface area contributed by atoms with E-state index in [-0.39, 0.29) is 29.6 Å². The molecule has 4 heterocycles. The maximum atomic E-state index is 14.1. The Hall–Kier alpha value is -2.29. The highest BCUT2D eigenvalue weighted by Gasteiger charge is 2.70. The molecular weight excluding hydrogens is 476 g/mol. The van der Waals surface area contributed by atoms with Crippen molar-refractivity contribution in [1.82, 2.24) is 4.90 Å². The molecule has 180 valence electrons. The molecule has 5 atom stereocenters. The summed E-state index contributed by atoms with van der Waals surface area (Å²) in [6.45, 7) is 1.02. The highest BCUT2D eigenvalue weighted by Crippen LogP contribution is 2.60. The minimum Gasteiger partial charge on any atom is -0.465 e. The van der Waals surface area contributed by atoms with Crippen molar-refractivity contribution in [2.24, 2.45) is 11.8 Å². The first-order valence-corrected chi connectivity index (χ1v) is 12.9. The summed E-state index contributed by atoms with van der Waals surface area (Å²) < 4.78 is 4.62. The Morgan fingerprint density at radius 3 is 2.68 bits per heavy atom. The van der Waals surface area contributed by atoms with Crippen LogP contribution in [0.25, 0.3) is 0 Å². The smallest absolute Gasteiger partial charge is 0.311 e. The molecule has 0 aliphatic carbocycles. The molecule has 0 aromatic heterocycles. The number of hydrogen-bond acceptors (Lipinski definition) is 6. The number of halogens is 1. The molecule has 1 aromatic carbocycles. The molecule has 1 spiro atoms. The zero-order chi connectivity index (χ0) is 23.9. The molecule has 2 amide bonds. The van der Waals surface area contributed by atoms with Gasteiger partial charge in [0.15, 0.2) is 0 Å². The third-order valence-corrected chi connectivity index (χ3v) is 9.06. The number of hydrogen-bond donors (Lipinski definition) is 1. The maximum Gasteiger partial charge on any atom is 0.311 e. The summed E-state index contributed by atoms with van der Waals surface area (Å²) in [5.41, 5.74) is 0.704. The van der Waals surface area contributed by atoms with Crippen molar-refractivity contribution in [3.8, 4) is 0 Å². The van der Waals surface area contributed by atoms with E-state index in [1.165, 1.54) is 11.8 Å². The number of thioether (sulfide) groups is 1. The summed E-state index contributed by atoms with van der Waals surface area (Å²) in [5, 5.41) is 9.63. The van der Waals surface area contributed by atoms with Crippen LogP contribution in [0.2, 0.25) is 5.02 Å². The van der Waals surface area contributed by atoms with E-state index in [9.17, 15) is 19.5 Å². The minimum absolute atomic E-state index is 0.0165. The van der Waals surface area contributed by atoms with Crippen LogP contribution in [-0.2, 0) is 19.1 Å². The van der Waals surface area contributed by atoms with E-state index < -0.39 is 22.6 Å². The molecule has 2 fully saturated rings. The third kappa shape index (κ3) is 3.76. The number of benzene rings is 1. The lowest BCUT2D eigenvalue weighted by Gasteiger charge is -2.35. The lowest BCUT2D eigenvalue weighted by Crippen LogP contribution is -2.53. The molecule has 4 aliphatic heterocycles. The first kappa shape index (κ1) is 23.5. The lowest BCUT2D eigenvalue weighted by atomic mass is 9.78. The van der Waals surface area contributed by atoms with Crippen LogP contribution in [0.5, 0.6) is 0 Å². The van der Waals surface area contributed by atoms with Crippen LogP contribution < -0.4 is 4.90 Å². The van der Waals surface area contributed by atoms with Crippen LogP contribution in [0, 0.1) is 11.8 Å². The average Bonchev–Trinajstić information content (AvgIpc) is 3.18. The summed E-state index contributed by atoms with van der Waals surface area (Å²) >= 11 is 7.59. The van der Waals surface area contributed by atoms with Gasteiger partial charge in [0.1, 0.15) is 6.04 Å². The van der Waals surface area contributed by atoms with Crippen molar-refractivity contribution in [2.75, 3.05) is 31.2 Å². The van der Waals surface area contributed by atoms with Crippen LogP contribution in [-0.4, -0.2) is 70.1 Å². The molecule has 0 bridgehead atoms. The van der Waals surface area contributed by atoms with Gasteiger partial charge in [0.25, 0.3) is 5.91 Å². The molecule has 4 aliphatic rings. The van der Waals surface area contributed by atoms with Crippen LogP contribution in [0.15, 0.2) is 48.6 Å². The van der Waals surface area contributed by atoms with Gasteiger partial charge in [0, 0.05) is 35.7 Å². The van der Waals surface area contributed by atoms with E-state index >= 15 is 0 Å². The Labute approximate surface area is 207 Å². The second-order valence-corrected chi connectivity index (χ2v) is 10.9. The zero-order valence-corrected chi connectivity index (χ0v) is 20.2. The monoisotopic (exact) mass is 502 g/mol. The fourth-order valence-electron chi connectivity index (χ4n) is 5.59. The van der Waals surface area contributed by atoms with Crippen LogP contribution in [0.1, 0.15) is 19.3 Å². The number of rotatable bonds is 5. The van der Waals surface area contributed by atoms with Crippen molar-refractivity contribution in [1.29, 1.82) is 0 Å². The summed E-state index contributed by atoms with van der Waals surface area (Å²) in [7, 11) is 0. The number of carbonyl (C=O) groups is 3. The number of ether oxygens (including phenoxy) is 1. The fraction of sp³-hybridized carbons (Fsp3) is 0.480. The van der Waals surface area contributed by atoms with Gasteiger partial charge in [-0.3, -0.25) is 14.4 Å². The third-order valence-electron chi connectivity index (χ3n) is 7.07. The number of aliphatic hydroxyl groups excluding tert-OH is 1. The van der Waals surface area contributed by atoms with Crippen molar-refractivity contribution < 1.29 is 24.2 Å². The van der Waals surface area contributed by atoms with Crippen LogP contribution in [0.3, 0.4) is 0 Å². The van der Waals surface area contributed by atoms with Gasteiger partial charge in [-0.15, -0.1) is 11.8 Å². The Morgan fingerprint density at radius 2 is 1.91 bits per heavy atom. The topological polar surface area (TPSA) is 87.2 Å². The van der Waals surface area contributed by atoms with Gasteiger partial charge < -0.3 is 19.6 Å². The molecule has 1 N–H and O–H groups in total. The first-order valence-electron chi connectivity index (χ1n) is 11.6. The number of esters is 1. The van der Waals surface area contributed by atoms with Crippen molar-refractivity contribution in [2.45, 2.75) is 35.3 Å². The molecule has 0 saturated carbocycles. The average molecular weight is 503 g/mol. The van der Waals surface area contributed by atoms with E-state index in [1.54, 1.807) is 34.1 Å². The molecule has 7 nitrogen and oxygen atoms in total. The highest BCUT2D eigenvalue weighted by molar-refractivity contribution is 8.02. The largest absolute Gasteiger partial charge is 0.465 e.